The fraction of sp³-hybridized carbons (Fsp3) is 0.714. The van der Waals surface area contributed by atoms with Gasteiger partial charge in [-0.15, -0.1) is 0 Å². The van der Waals surface area contributed by atoms with Crippen LogP contribution in [0, 0.1) is 0 Å². The van der Waals surface area contributed by atoms with E-state index in [2.05, 4.69) is 4.98 Å². The fourth-order valence-electron chi connectivity index (χ4n) is 2.96. The molecule has 4 atom stereocenters. The molecule has 0 aromatic carbocycles. The number of hydrogen-bond donors (Lipinski definition) is 2. The van der Waals surface area contributed by atoms with Crippen LogP contribution in [0.25, 0.3) is 0 Å². The Morgan fingerprint density at radius 1 is 1.48 bits per heavy atom. The van der Waals surface area contributed by atoms with Gasteiger partial charge in [0, 0.05) is 0 Å². The second-order valence-corrected chi connectivity index (χ2v) is 5.92. The molecular weight excluding hydrogens is 306 g/mol. The summed E-state index contributed by atoms with van der Waals surface area (Å²) in [7, 11) is 0. The van der Waals surface area contributed by atoms with E-state index in [0.29, 0.717) is 0 Å². The van der Waals surface area contributed by atoms with E-state index in [0.717, 1.165) is 0 Å². The number of anilines is 1. The van der Waals surface area contributed by atoms with Gasteiger partial charge in [-0.25, -0.2) is 9.78 Å². The van der Waals surface area contributed by atoms with Crippen molar-refractivity contribution in [2.45, 2.75) is 51.1 Å². The molecule has 9 heteroatoms. The van der Waals surface area contributed by atoms with E-state index >= 15 is 0 Å². The molecule has 128 valence electrons. The molecular formula is C14H21N3O6. The predicted octanol–water partition coefficient (Wildman–Crippen LogP) is 0.0518. The summed E-state index contributed by atoms with van der Waals surface area (Å²) in [4.78, 5) is 15.8. The summed E-state index contributed by atoms with van der Waals surface area (Å²) in [5.41, 5.74) is 6.04. The molecule has 0 aliphatic carbocycles. The first-order chi connectivity index (χ1) is 10.9. The third-order valence-corrected chi connectivity index (χ3v) is 3.88. The summed E-state index contributed by atoms with van der Waals surface area (Å²) in [6, 6.07) is 0. The molecule has 3 N–H and O–H groups in total. The third-order valence-electron chi connectivity index (χ3n) is 3.88. The smallest absolute Gasteiger partial charge is 0.360 e. The standard InChI is InChI=1S/C14H21N3O6/c1-4-20-13(19)8-11(15)17(6-16-8)12-10-9(7(5-18)21-12)22-14(2,3)23-10/h6-7,9-10,12,18H,4-5,15H2,1-3H3/t7-,9?,10?,12-/m1/s1. The molecule has 2 saturated heterocycles. The lowest BCUT2D eigenvalue weighted by Gasteiger charge is -2.24. The number of rotatable bonds is 4. The number of nitrogens with zero attached hydrogens (tertiary/aromatic N) is 2. The minimum Gasteiger partial charge on any atom is -0.461 e. The minimum absolute atomic E-state index is 0.0256. The first kappa shape index (κ1) is 16.2. The molecule has 1 aromatic rings. The maximum atomic E-state index is 11.8. The zero-order chi connectivity index (χ0) is 16.8. The van der Waals surface area contributed by atoms with Crippen LogP contribution in [0.15, 0.2) is 6.33 Å². The Labute approximate surface area is 133 Å². The quantitative estimate of drug-likeness (QED) is 0.745. The molecule has 0 saturated carbocycles. The Morgan fingerprint density at radius 3 is 2.83 bits per heavy atom. The van der Waals surface area contributed by atoms with Gasteiger partial charge in [-0.2, -0.15) is 0 Å². The lowest BCUT2D eigenvalue weighted by Crippen LogP contribution is -2.31. The molecule has 0 amide bonds. The minimum atomic E-state index is -0.788. The Kier molecular flexibility index (Phi) is 4.05. The Balaban J connectivity index is 1.89. The topological polar surface area (TPSA) is 118 Å². The average molecular weight is 327 g/mol. The number of carbonyl (C=O) groups is 1. The van der Waals surface area contributed by atoms with Crippen molar-refractivity contribution in [1.29, 1.82) is 0 Å². The SMILES string of the molecule is CCOC(=O)c1ncn([C@@H]2O[C@H](CO)C3OC(C)(C)OC32)c1N. The normalized spacial score (nSPS) is 32.0. The molecule has 2 aliphatic heterocycles. The monoisotopic (exact) mass is 327 g/mol. The van der Waals surface area contributed by atoms with E-state index < -0.39 is 36.3 Å². The number of nitrogen functional groups attached to an aromatic ring is 1. The van der Waals surface area contributed by atoms with Gasteiger partial charge in [0.25, 0.3) is 0 Å². The maximum absolute atomic E-state index is 11.8. The summed E-state index contributed by atoms with van der Waals surface area (Å²) < 4.78 is 23.9. The molecule has 3 rings (SSSR count). The van der Waals surface area contributed by atoms with Gasteiger partial charge in [-0.05, 0) is 20.8 Å². The second kappa shape index (κ2) is 5.75. The zero-order valence-corrected chi connectivity index (χ0v) is 13.3. The fourth-order valence-corrected chi connectivity index (χ4v) is 2.96. The van der Waals surface area contributed by atoms with Crippen molar-refractivity contribution in [1.82, 2.24) is 9.55 Å². The van der Waals surface area contributed by atoms with Crippen molar-refractivity contribution in [2.75, 3.05) is 18.9 Å². The summed E-state index contributed by atoms with van der Waals surface area (Å²) in [5.74, 6) is -1.26. The van der Waals surface area contributed by atoms with Crippen molar-refractivity contribution in [3.05, 3.63) is 12.0 Å². The lowest BCUT2D eigenvalue weighted by molar-refractivity contribution is -0.199. The second-order valence-electron chi connectivity index (χ2n) is 5.92. The van der Waals surface area contributed by atoms with Gasteiger partial charge in [0.15, 0.2) is 17.7 Å². The summed E-state index contributed by atoms with van der Waals surface area (Å²) in [6.07, 6.45) is -0.673. The van der Waals surface area contributed by atoms with Crippen molar-refractivity contribution in [3.8, 4) is 0 Å². The van der Waals surface area contributed by atoms with Gasteiger partial charge in [0.05, 0.1) is 19.5 Å². The number of fused-ring (bicyclic) bond motifs is 1. The van der Waals surface area contributed by atoms with Crippen LogP contribution in [-0.4, -0.2) is 57.9 Å². The highest BCUT2D eigenvalue weighted by molar-refractivity contribution is 5.92. The average Bonchev–Trinajstić information content (AvgIpc) is 3.10. The largest absolute Gasteiger partial charge is 0.461 e. The van der Waals surface area contributed by atoms with Crippen LogP contribution >= 0.6 is 0 Å². The van der Waals surface area contributed by atoms with Crippen molar-refractivity contribution < 1.29 is 28.8 Å². The molecule has 1 aromatic heterocycles. The van der Waals surface area contributed by atoms with E-state index in [9.17, 15) is 9.90 Å². The van der Waals surface area contributed by atoms with Gasteiger partial charge in [-0.1, -0.05) is 0 Å². The summed E-state index contributed by atoms with van der Waals surface area (Å²) in [5, 5.41) is 9.49. The molecule has 2 aliphatic rings. The van der Waals surface area contributed by atoms with E-state index in [4.69, 9.17) is 24.7 Å². The third kappa shape index (κ3) is 2.69. The highest BCUT2D eigenvalue weighted by Crippen LogP contribution is 2.43. The van der Waals surface area contributed by atoms with Gasteiger partial charge in [0.2, 0.25) is 0 Å². The molecule has 23 heavy (non-hydrogen) atoms. The zero-order valence-electron chi connectivity index (χ0n) is 13.3. The number of carbonyl (C=O) groups excluding carboxylic acids is 1. The van der Waals surface area contributed by atoms with E-state index in [-0.39, 0.29) is 24.7 Å². The Morgan fingerprint density at radius 2 is 2.17 bits per heavy atom. The summed E-state index contributed by atoms with van der Waals surface area (Å²) in [6.45, 7) is 5.30. The van der Waals surface area contributed by atoms with Gasteiger partial charge in [-0.3, -0.25) is 4.57 Å². The number of nitrogens with two attached hydrogens (primary N) is 1. The predicted molar refractivity (Wildman–Crippen MR) is 77.4 cm³/mol. The van der Waals surface area contributed by atoms with Crippen molar-refractivity contribution in [3.63, 3.8) is 0 Å². The molecule has 3 heterocycles. The number of imidazole rings is 1. The number of esters is 1. The van der Waals surface area contributed by atoms with Crippen LogP contribution in [-0.2, 0) is 18.9 Å². The van der Waals surface area contributed by atoms with E-state index in [1.54, 1.807) is 20.8 Å². The molecule has 2 fully saturated rings. The van der Waals surface area contributed by atoms with Crippen LogP contribution < -0.4 is 5.73 Å². The molecule has 0 radical (unpaired) electrons. The highest BCUT2D eigenvalue weighted by atomic mass is 16.8. The van der Waals surface area contributed by atoms with Crippen LogP contribution in [0.4, 0.5) is 5.82 Å². The number of aliphatic hydroxyl groups is 1. The Hall–Kier alpha value is -1.68. The van der Waals surface area contributed by atoms with Crippen molar-refractivity contribution >= 4 is 11.8 Å². The van der Waals surface area contributed by atoms with Gasteiger partial charge >= 0.3 is 5.97 Å². The number of hydrogen-bond acceptors (Lipinski definition) is 8. The maximum Gasteiger partial charge on any atom is 0.360 e. The highest BCUT2D eigenvalue weighted by Gasteiger charge is 2.56. The van der Waals surface area contributed by atoms with Gasteiger partial charge < -0.3 is 29.8 Å². The Bertz CT molecular complexity index is 601. The number of aliphatic hydroxyl groups excluding tert-OH is 1. The molecule has 0 bridgehead atoms. The lowest BCUT2D eigenvalue weighted by atomic mass is 10.1. The first-order valence-electron chi connectivity index (χ1n) is 7.49. The van der Waals surface area contributed by atoms with Gasteiger partial charge in [0.1, 0.15) is 24.1 Å². The van der Waals surface area contributed by atoms with Crippen LogP contribution in [0.5, 0.6) is 0 Å². The number of aromatic nitrogens is 2. The van der Waals surface area contributed by atoms with Crippen LogP contribution in [0.2, 0.25) is 0 Å². The van der Waals surface area contributed by atoms with Crippen LogP contribution in [0.1, 0.15) is 37.5 Å². The first-order valence-corrected chi connectivity index (χ1v) is 7.49. The van der Waals surface area contributed by atoms with E-state index in [1.807, 2.05) is 0 Å². The number of ether oxygens (including phenoxy) is 4. The molecule has 9 nitrogen and oxygen atoms in total. The molecule has 2 unspecified atom stereocenters. The summed E-state index contributed by atoms with van der Waals surface area (Å²) >= 11 is 0. The van der Waals surface area contributed by atoms with Crippen LogP contribution in [0.3, 0.4) is 0 Å². The molecule has 0 spiro atoms. The van der Waals surface area contributed by atoms with Crippen molar-refractivity contribution in [2.24, 2.45) is 0 Å². The van der Waals surface area contributed by atoms with E-state index in [1.165, 1.54) is 10.9 Å².